The molecule has 1 aromatic carbocycles. The van der Waals surface area contributed by atoms with Crippen molar-refractivity contribution in [1.82, 2.24) is 15.2 Å². The normalized spacial score (nSPS) is 15.9. The largest absolute Gasteiger partial charge is 0.462 e. The smallest absolute Gasteiger partial charge is 0.340 e. The van der Waals surface area contributed by atoms with Gasteiger partial charge < -0.3 is 25.3 Å². The Kier molecular flexibility index (Phi) is 7.56. The molecule has 1 aliphatic heterocycles. The molecule has 1 aromatic heterocycles. The van der Waals surface area contributed by atoms with Crippen LogP contribution >= 0.6 is 0 Å². The third kappa shape index (κ3) is 5.49. The lowest BCUT2D eigenvalue weighted by molar-refractivity contribution is 0.0525. The minimum Gasteiger partial charge on any atom is -0.462 e. The van der Waals surface area contributed by atoms with Crippen LogP contribution in [0.2, 0.25) is 0 Å². The minimum atomic E-state index is -0.418. The molecule has 0 aliphatic carbocycles. The number of aromatic nitrogens is 1. The molecule has 0 saturated carbocycles. The Bertz CT molecular complexity index is 981. The summed E-state index contributed by atoms with van der Waals surface area (Å²) in [6.45, 7) is 9.25. The Morgan fingerprint density at radius 2 is 1.88 bits per heavy atom. The SMILES string of the molecule is CCOC(=O)c1c(C)[nH]c(C(=O)N2CCCC(CNC(=O)Nc3ccc(C)cc3)C2)c1C. The first-order valence-electron chi connectivity index (χ1n) is 11.1. The third-order valence-corrected chi connectivity index (χ3v) is 5.80. The molecular formula is C24H32N4O4. The van der Waals surface area contributed by atoms with E-state index in [0.717, 1.165) is 24.1 Å². The molecule has 0 bridgehead atoms. The number of anilines is 1. The number of hydrogen-bond acceptors (Lipinski definition) is 4. The summed E-state index contributed by atoms with van der Waals surface area (Å²) >= 11 is 0. The molecule has 172 valence electrons. The van der Waals surface area contributed by atoms with E-state index in [4.69, 9.17) is 4.74 Å². The number of aryl methyl sites for hydroxylation is 2. The average Bonchev–Trinajstić information content (AvgIpc) is 3.07. The molecule has 0 radical (unpaired) electrons. The van der Waals surface area contributed by atoms with E-state index in [1.54, 1.807) is 25.7 Å². The summed E-state index contributed by atoms with van der Waals surface area (Å²) in [7, 11) is 0. The summed E-state index contributed by atoms with van der Waals surface area (Å²) in [6.07, 6.45) is 1.80. The number of urea groups is 1. The first-order valence-corrected chi connectivity index (χ1v) is 11.1. The summed E-state index contributed by atoms with van der Waals surface area (Å²) < 4.78 is 5.12. The highest BCUT2D eigenvalue weighted by Gasteiger charge is 2.29. The summed E-state index contributed by atoms with van der Waals surface area (Å²) in [6, 6.07) is 7.35. The van der Waals surface area contributed by atoms with Gasteiger partial charge in [-0.1, -0.05) is 17.7 Å². The van der Waals surface area contributed by atoms with Crippen molar-refractivity contribution < 1.29 is 19.1 Å². The molecular weight excluding hydrogens is 408 g/mol. The van der Waals surface area contributed by atoms with Crippen LogP contribution in [0.1, 0.15) is 57.4 Å². The number of piperidine rings is 1. The van der Waals surface area contributed by atoms with Gasteiger partial charge in [-0.3, -0.25) is 4.79 Å². The lowest BCUT2D eigenvalue weighted by atomic mass is 9.97. The van der Waals surface area contributed by atoms with E-state index in [-0.39, 0.29) is 24.5 Å². The Morgan fingerprint density at radius 1 is 1.16 bits per heavy atom. The highest BCUT2D eigenvalue weighted by Crippen LogP contribution is 2.23. The van der Waals surface area contributed by atoms with Crippen molar-refractivity contribution in [1.29, 1.82) is 0 Å². The second-order valence-electron chi connectivity index (χ2n) is 8.31. The zero-order valence-corrected chi connectivity index (χ0v) is 19.2. The predicted octanol–water partition coefficient (Wildman–Crippen LogP) is 3.79. The molecule has 1 saturated heterocycles. The molecule has 1 aliphatic rings. The van der Waals surface area contributed by atoms with E-state index in [1.165, 1.54) is 0 Å². The summed E-state index contributed by atoms with van der Waals surface area (Å²) in [5, 5.41) is 5.74. The van der Waals surface area contributed by atoms with Crippen LogP contribution in [0.3, 0.4) is 0 Å². The molecule has 3 N–H and O–H groups in total. The Hall–Kier alpha value is -3.29. The standard InChI is InChI=1S/C24H32N4O4/c1-5-32-23(30)20-16(3)21(26-17(20)4)22(29)28-12-6-7-18(14-28)13-25-24(31)27-19-10-8-15(2)9-11-19/h8-11,18,26H,5-7,12-14H2,1-4H3,(H2,25,27,31). The number of carbonyl (C=O) groups excluding carboxylic acids is 3. The zero-order chi connectivity index (χ0) is 23.3. The van der Waals surface area contributed by atoms with Crippen molar-refractivity contribution in [2.24, 2.45) is 5.92 Å². The molecule has 8 nitrogen and oxygen atoms in total. The number of aromatic amines is 1. The molecule has 8 heteroatoms. The monoisotopic (exact) mass is 440 g/mol. The van der Waals surface area contributed by atoms with Crippen LogP contribution in [-0.2, 0) is 4.74 Å². The van der Waals surface area contributed by atoms with Crippen LogP contribution in [-0.4, -0.2) is 54.0 Å². The average molecular weight is 441 g/mol. The Balaban J connectivity index is 1.58. The maximum atomic E-state index is 13.2. The van der Waals surface area contributed by atoms with Gasteiger partial charge in [-0.2, -0.15) is 0 Å². The number of H-pyrrole nitrogens is 1. The highest BCUT2D eigenvalue weighted by molar-refractivity contribution is 6.00. The molecule has 2 heterocycles. The van der Waals surface area contributed by atoms with Crippen molar-refractivity contribution in [2.45, 2.75) is 40.5 Å². The maximum Gasteiger partial charge on any atom is 0.340 e. The molecule has 3 amide bonds. The van der Waals surface area contributed by atoms with E-state index >= 15 is 0 Å². The number of nitrogens with zero attached hydrogens (tertiary/aromatic N) is 1. The van der Waals surface area contributed by atoms with Gasteiger partial charge in [0.25, 0.3) is 5.91 Å². The number of amides is 3. The second kappa shape index (κ2) is 10.3. The molecule has 2 aromatic rings. The molecule has 32 heavy (non-hydrogen) atoms. The van der Waals surface area contributed by atoms with Crippen LogP contribution in [0, 0.1) is 26.7 Å². The van der Waals surface area contributed by atoms with Crippen LogP contribution in [0.15, 0.2) is 24.3 Å². The zero-order valence-electron chi connectivity index (χ0n) is 19.2. The van der Waals surface area contributed by atoms with Crippen LogP contribution in [0.4, 0.5) is 10.5 Å². The van der Waals surface area contributed by atoms with Crippen molar-refractivity contribution in [3.8, 4) is 0 Å². The van der Waals surface area contributed by atoms with Crippen molar-refractivity contribution in [3.63, 3.8) is 0 Å². The van der Waals surface area contributed by atoms with Gasteiger partial charge in [0.05, 0.1) is 12.2 Å². The lowest BCUT2D eigenvalue weighted by Gasteiger charge is -2.32. The number of carbonyl (C=O) groups is 3. The van der Waals surface area contributed by atoms with Gasteiger partial charge in [0.2, 0.25) is 0 Å². The Morgan fingerprint density at radius 3 is 2.56 bits per heavy atom. The van der Waals surface area contributed by atoms with Gasteiger partial charge in [0.15, 0.2) is 0 Å². The number of hydrogen-bond donors (Lipinski definition) is 3. The van der Waals surface area contributed by atoms with Crippen LogP contribution < -0.4 is 10.6 Å². The number of nitrogens with one attached hydrogen (secondary N) is 3. The van der Waals surface area contributed by atoms with Crippen molar-refractivity contribution in [3.05, 3.63) is 52.3 Å². The van der Waals surface area contributed by atoms with E-state index < -0.39 is 5.97 Å². The summed E-state index contributed by atoms with van der Waals surface area (Å²) in [5.41, 5.74) is 3.97. The van der Waals surface area contributed by atoms with Crippen LogP contribution in [0.5, 0.6) is 0 Å². The lowest BCUT2D eigenvalue weighted by Crippen LogP contribution is -2.44. The molecule has 1 unspecified atom stereocenters. The number of likely N-dealkylation sites (tertiary alicyclic amines) is 1. The molecule has 1 atom stereocenters. The predicted molar refractivity (Wildman–Crippen MR) is 123 cm³/mol. The highest BCUT2D eigenvalue weighted by atomic mass is 16.5. The van der Waals surface area contributed by atoms with Gasteiger partial charge >= 0.3 is 12.0 Å². The minimum absolute atomic E-state index is 0.130. The maximum absolute atomic E-state index is 13.2. The quantitative estimate of drug-likeness (QED) is 0.595. The van der Waals surface area contributed by atoms with Crippen molar-refractivity contribution >= 4 is 23.6 Å². The first kappa shape index (κ1) is 23.4. The van der Waals surface area contributed by atoms with Crippen LogP contribution in [0.25, 0.3) is 0 Å². The second-order valence-corrected chi connectivity index (χ2v) is 8.31. The number of esters is 1. The molecule has 0 spiro atoms. The number of benzene rings is 1. The van der Waals surface area contributed by atoms with Crippen molar-refractivity contribution in [2.75, 3.05) is 31.6 Å². The third-order valence-electron chi connectivity index (χ3n) is 5.80. The van der Waals surface area contributed by atoms with Gasteiger partial charge in [-0.25, -0.2) is 9.59 Å². The van der Waals surface area contributed by atoms with Gasteiger partial charge in [-0.05, 0) is 64.2 Å². The fourth-order valence-electron chi connectivity index (χ4n) is 4.10. The van der Waals surface area contributed by atoms with Gasteiger partial charge in [-0.15, -0.1) is 0 Å². The van der Waals surface area contributed by atoms with E-state index in [1.807, 2.05) is 31.2 Å². The fraction of sp³-hybridized carbons (Fsp3) is 0.458. The van der Waals surface area contributed by atoms with Gasteiger partial charge in [0.1, 0.15) is 5.69 Å². The fourth-order valence-corrected chi connectivity index (χ4v) is 4.10. The molecule has 1 fully saturated rings. The summed E-state index contributed by atoms with van der Waals surface area (Å²) in [5.74, 6) is -0.384. The van der Waals surface area contributed by atoms with E-state index in [2.05, 4.69) is 15.6 Å². The van der Waals surface area contributed by atoms with E-state index in [9.17, 15) is 14.4 Å². The topological polar surface area (TPSA) is 104 Å². The summed E-state index contributed by atoms with van der Waals surface area (Å²) in [4.78, 5) is 42.5. The Labute approximate surface area is 188 Å². The first-order chi connectivity index (χ1) is 15.3. The number of rotatable bonds is 6. The van der Waals surface area contributed by atoms with Gasteiger partial charge in [0, 0.05) is 31.0 Å². The number of ether oxygens (including phenoxy) is 1. The molecule has 3 rings (SSSR count). The van der Waals surface area contributed by atoms with E-state index in [0.29, 0.717) is 42.1 Å².